The highest BCUT2D eigenvalue weighted by Gasteiger charge is 2.32. The van der Waals surface area contributed by atoms with Gasteiger partial charge in [0.05, 0.1) is 89.6 Å². The van der Waals surface area contributed by atoms with Crippen molar-refractivity contribution < 1.29 is 9.47 Å². The number of fused-ring (bicyclic) bond motifs is 22. The van der Waals surface area contributed by atoms with E-state index in [4.69, 9.17) is 9.47 Å². The molecule has 0 saturated heterocycles. The van der Waals surface area contributed by atoms with Crippen LogP contribution in [0.3, 0.4) is 0 Å². The molecule has 8 nitrogen and oxygen atoms in total. The Hall–Kier alpha value is -13.3. The van der Waals surface area contributed by atoms with Gasteiger partial charge >= 0.3 is 0 Å². The molecule has 0 saturated carbocycles. The maximum absolute atomic E-state index is 7.36. The number of hydrogen-bond acceptors (Lipinski definition) is 4. The standard InChI is InChI=1S/C90H54N6O2/c1-2-20-62-61(19-1)63-43-37-55(95-83-45-39-57(91-75-29-11-3-21-65(75)66-22-4-12-30-76(66)91)51-87(83)97-88-52-58(40-46-84(88)95)92-77-31-13-5-23-67(77)68-24-6-14-32-78(68)92)49-73(63)74-50-56(38-44-64(62)74)96-85-47-41-59(93-79-33-15-7-25-69(79)70-26-8-16-34-80(70)93)53-89(85)98-90-54-60(42-48-86(90)96)94-81-35-17-9-27-71(81)72-28-10-18-36-82(72)94/h1-54H. The summed E-state index contributed by atoms with van der Waals surface area (Å²) in [6.07, 6.45) is 0. The maximum Gasteiger partial charge on any atom is 0.153 e. The predicted molar refractivity (Wildman–Crippen MR) is 406 cm³/mol. The molecule has 98 heavy (non-hydrogen) atoms. The average molecular weight is 1250 g/mol. The number of anilines is 6. The number of benzene rings is 16. The van der Waals surface area contributed by atoms with E-state index in [9.17, 15) is 0 Å². The lowest BCUT2D eigenvalue weighted by molar-refractivity contribution is 0.476. The topological polar surface area (TPSA) is 44.7 Å². The highest BCUT2D eigenvalue weighted by atomic mass is 16.5. The number of para-hydroxylation sites is 8. The fraction of sp³-hybridized carbons (Fsp3) is 0. The van der Waals surface area contributed by atoms with Crippen molar-refractivity contribution in [1.29, 1.82) is 0 Å². The van der Waals surface area contributed by atoms with Gasteiger partial charge in [-0.25, -0.2) is 0 Å². The van der Waals surface area contributed by atoms with Crippen LogP contribution in [0.4, 0.5) is 34.1 Å². The summed E-state index contributed by atoms with van der Waals surface area (Å²) < 4.78 is 24.2. The second-order valence-corrected chi connectivity index (χ2v) is 26.0. The van der Waals surface area contributed by atoms with Crippen LogP contribution < -0.4 is 19.3 Å². The summed E-state index contributed by atoms with van der Waals surface area (Å²) in [7, 11) is 0. The quantitative estimate of drug-likeness (QED) is 0.156. The number of hydrogen-bond donors (Lipinski definition) is 0. The molecule has 4 aromatic heterocycles. The van der Waals surface area contributed by atoms with E-state index < -0.39 is 0 Å². The van der Waals surface area contributed by atoms with Crippen LogP contribution in [-0.4, -0.2) is 18.3 Å². The Kier molecular flexibility index (Phi) is 10.9. The van der Waals surface area contributed by atoms with Gasteiger partial charge in [-0.3, -0.25) is 0 Å². The van der Waals surface area contributed by atoms with E-state index in [1.165, 1.54) is 64.6 Å². The summed E-state index contributed by atoms with van der Waals surface area (Å²) in [5, 5.41) is 16.7. The first-order chi connectivity index (χ1) is 48.6. The zero-order valence-electron chi connectivity index (χ0n) is 52.7. The minimum atomic E-state index is 0.759. The first-order valence-corrected chi connectivity index (χ1v) is 33.5. The average Bonchev–Trinajstić information content (AvgIpc) is 1.21. The molecule has 0 bridgehead atoms. The third-order valence-electron chi connectivity index (χ3n) is 20.9. The van der Waals surface area contributed by atoms with Crippen molar-refractivity contribution in [1.82, 2.24) is 18.3 Å². The summed E-state index contributed by atoms with van der Waals surface area (Å²) in [5.74, 6) is 3.03. The summed E-state index contributed by atoms with van der Waals surface area (Å²) in [6, 6.07) is 119. The lowest BCUT2D eigenvalue weighted by Crippen LogP contribution is -2.17. The molecule has 6 heterocycles. The van der Waals surface area contributed by atoms with Crippen molar-refractivity contribution in [2.45, 2.75) is 0 Å². The third-order valence-corrected chi connectivity index (χ3v) is 20.9. The van der Waals surface area contributed by atoms with Crippen LogP contribution in [-0.2, 0) is 0 Å². The summed E-state index contributed by atoms with van der Waals surface area (Å²) >= 11 is 0. The normalized spacial score (nSPS) is 12.8. The monoisotopic (exact) mass is 1250 g/mol. The molecule has 16 aromatic carbocycles. The largest absolute Gasteiger partial charge is 0.453 e. The van der Waals surface area contributed by atoms with Gasteiger partial charge < -0.3 is 37.5 Å². The Morgan fingerprint density at radius 2 is 0.347 bits per heavy atom. The van der Waals surface area contributed by atoms with Crippen LogP contribution in [0.15, 0.2) is 328 Å². The van der Waals surface area contributed by atoms with Gasteiger partial charge in [-0.1, -0.05) is 182 Å². The van der Waals surface area contributed by atoms with Gasteiger partial charge in [0.25, 0.3) is 0 Å². The number of rotatable bonds is 6. The zero-order valence-corrected chi connectivity index (χ0v) is 52.7. The van der Waals surface area contributed by atoms with Crippen molar-refractivity contribution >= 4 is 154 Å². The molecule has 456 valence electrons. The van der Waals surface area contributed by atoms with Gasteiger partial charge in [-0.15, -0.1) is 0 Å². The van der Waals surface area contributed by atoms with Gasteiger partial charge in [0, 0.05) is 78.7 Å². The number of nitrogens with zero attached hydrogens (tertiary/aromatic N) is 6. The molecule has 2 aliphatic rings. The molecule has 8 heteroatoms. The van der Waals surface area contributed by atoms with Crippen LogP contribution in [0.2, 0.25) is 0 Å². The molecule has 22 rings (SSSR count). The fourth-order valence-electron chi connectivity index (χ4n) is 16.7. The molecule has 0 fully saturated rings. The highest BCUT2D eigenvalue weighted by Crippen LogP contribution is 2.56. The third kappa shape index (κ3) is 7.48. The minimum absolute atomic E-state index is 0.759. The van der Waals surface area contributed by atoms with Crippen LogP contribution in [0.5, 0.6) is 23.0 Å². The summed E-state index contributed by atoms with van der Waals surface area (Å²) in [4.78, 5) is 4.81. The van der Waals surface area contributed by atoms with Crippen molar-refractivity contribution in [3.63, 3.8) is 0 Å². The molecule has 20 aromatic rings. The van der Waals surface area contributed by atoms with Crippen LogP contribution in [0, 0.1) is 0 Å². The van der Waals surface area contributed by atoms with E-state index in [0.29, 0.717) is 0 Å². The molecule has 0 amide bonds. The summed E-state index contributed by atoms with van der Waals surface area (Å²) in [6.45, 7) is 0. The van der Waals surface area contributed by atoms with Crippen molar-refractivity contribution in [2.24, 2.45) is 0 Å². The molecule has 0 spiro atoms. The first-order valence-electron chi connectivity index (χ1n) is 33.5. The maximum atomic E-state index is 7.36. The Morgan fingerprint density at radius 3 is 0.582 bits per heavy atom. The van der Waals surface area contributed by atoms with Crippen molar-refractivity contribution in [3.05, 3.63) is 328 Å². The van der Waals surface area contributed by atoms with Gasteiger partial charge in [0.1, 0.15) is 0 Å². The van der Waals surface area contributed by atoms with E-state index in [1.807, 2.05) is 0 Å². The molecule has 0 unspecified atom stereocenters. The summed E-state index contributed by atoms with van der Waals surface area (Å²) in [5.41, 5.74) is 19.0. The molecular formula is C90H54N6O2. The highest BCUT2D eigenvalue weighted by molar-refractivity contribution is 6.27. The first kappa shape index (κ1) is 53.1. The molecular weight excluding hydrogens is 1200 g/mol. The smallest absolute Gasteiger partial charge is 0.153 e. The van der Waals surface area contributed by atoms with Gasteiger partial charge in [0.15, 0.2) is 23.0 Å². The predicted octanol–water partition coefficient (Wildman–Crippen LogP) is 24.7. The molecule has 0 atom stereocenters. The van der Waals surface area contributed by atoms with E-state index in [0.717, 1.165) is 135 Å². The van der Waals surface area contributed by atoms with Crippen LogP contribution >= 0.6 is 0 Å². The Morgan fingerprint density at radius 1 is 0.153 bits per heavy atom. The molecule has 0 aliphatic carbocycles. The number of ether oxygens (including phenoxy) is 2. The van der Waals surface area contributed by atoms with E-state index in [-0.39, 0.29) is 0 Å². The molecule has 0 N–H and O–H groups in total. The Balaban J connectivity index is 0.756. The Bertz CT molecular complexity index is 5910. The van der Waals surface area contributed by atoms with Gasteiger partial charge in [-0.2, -0.15) is 0 Å². The number of aromatic nitrogens is 4. The minimum Gasteiger partial charge on any atom is -0.453 e. The Labute approximate surface area is 561 Å². The second kappa shape index (κ2) is 20.1. The zero-order chi connectivity index (χ0) is 63.8. The molecule has 2 aliphatic heterocycles. The molecule has 0 radical (unpaired) electrons. The SMILES string of the molecule is c1ccc2c(c1)c1ccc(N3c4ccc(-n5c6ccccc6c6ccccc65)cc4Oc4cc(-n5c6ccccc6c6ccccc65)ccc43)cc1c1cc(N3c4ccc(-n5c6ccccc6c6ccccc65)cc4Oc4cc(-n5c6ccccc6c6ccccc65)ccc43)ccc21. The van der Waals surface area contributed by atoms with Crippen LogP contribution in [0.25, 0.3) is 142 Å². The van der Waals surface area contributed by atoms with E-state index in [2.05, 4.69) is 356 Å². The lowest BCUT2D eigenvalue weighted by atomic mass is 9.93. The second-order valence-electron chi connectivity index (χ2n) is 26.0. The van der Waals surface area contributed by atoms with E-state index in [1.54, 1.807) is 0 Å². The lowest BCUT2D eigenvalue weighted by Gasteiger charge is -2.34. The van der Waals surface area contributed by atoms with Crippen molar-refractivity contribution in [3.8, 4) is 45.7 Å². The van der Waals surface area contributed by atoms with Gasteiger partial charge in [-0.05, 0) is 154 Å². The van der Waals surface area contributed by atoms with Crippen LogP contribution in [0.1, 0.15) is 0 Å². The fourth-order valence-corrected chi connectivity index (χ4v) is 16.7. The van der Waals surface area contributed by atoms with Gasteiger partial charge in [0.2, 0.25) is 0 Å². The van der Waals surface area contributed by atoms with E-state index >= 15 is 0 Å². The van der Waals surface area contributed by atoms with Crippen molar-refractivity contribution in [2.75, 3.05) is 9.80 Å².